The number of amidine groups is 1. The minimum absolute atomic E-state index is 0.195. The summed E-state index contributed by atoms with van der Waals surface area (Å²) in [7, 11) is 0. The third-order valence-electron chi connectivity index (χ3n) is 2.75. The standard InChI is InChI=1S/C12H20N4O/c1-3-11(7-12(13)16-17)15-9(2)10-5-4-6-14-8-10/h4-6,8-9,11,15,17H,3,7H2,1-2H3,(H2,13,16)/t9-,11?/m1/s1. The maximum atomic E-state index is 8.56. The van der Waals surface area contributed by atoms with E-state index in [1.807, 2.05) is 18.3 Å². The third-order valence-corrected chi connectivity index (χ3v) is 2.75. The van der Waals surface area contributed by atoms with E-state index in [2.05, 4.69) is 29.3 Å². The molecule has 1 rings (SSSR count). The molecule has 0 aliphatic rings. The first-order chi connectivity index (χ1) is 8.17. The van der Waals surface area contributed by atoms with Crippen molar-refractivity contribution < 1.29 is 5.21 Å². The number of oxime groups is 1. The molecule has 0 saturated heterocycles. The number of pyridine rings is 1. The fourth-order valence-corrected chi connectivity index (χ4v) is 1.70. The molecule has 0 amide bonds. The molecule has 1 heterocycles. The first-order valence-electron chi connectivity index (χ1n) is 5.79. The van der Waals surface area contributed by atoms with Crippen LogP contribution in [0.4, 0.5) is 0 Å². The molecular formula is C12H20N4O. The fraction of sp³-hybridized carbons (Fsp3) is 0.500. The predicted octanol–water partition coefficient (Wildman–Crippen LogP) is 1.65. The van der Waals surface area contributed by atoms with Crippen molar-refractivity contribution in [1.29, 1.82) is 0 Å². The van der Waals surface area contributed by atoms with E-state index in [9.17, 15) is 0 Å². The highest BCUT2D eigenvalue weighted by Crippen LogP contribution is 2.12. The summed E-state index contributed by atoms with van der Waals surface area (Å²) in [5.41, 5.74) is 6.64. The van der Waals surface area contributed by atoms with Crippen molar-refractivity contribution in [3.8, 4) is 0 Å². The van der Waals surface area contributed by atoms with E-state index in [0.29, 0.717) is 6.42 Å². The van der Waals surface area contributed by atoms with Crippen LogP contribution in [0.25, 0.3) is 0 Å². The van der Waals surface area contributed by atoms with Gasteiger partial charge < -0.3 is 16.3 Å². The summed E-state index contributed by atoms with van der Waals surface area (Å²) in [6.45, 7) is 4.14. The Hall–Kier alpha value is -1.62. The highest BCUT2D eigenvalue weighted by molar-refractivity contribution is 5.80. The summed E-state index contributed by atoms with van der Waals surface area (Å²) >= 11 is 0. The molecule has 17 heavy (non-hydrogen) atoms. The summed E-state index contributed by atoms with van der Waals surface area (Å²) in [5, 5.41) is 15.0. The van der Waals surface area contributed by atoms with Crippen LogP contribution in [0.15, 0.2) is 29.7 Å². The van der Waals surface area contributed by atoms with E-state index in [4.69, 9.17) is 10.9 Å². The van der Waals surface area contributed by atoms with Gasteiger partial charge in [-0.1, -0.05) is 18.1 Å². The smallest absolute Gasteiger partial charge is 0.140 e. The second-order valence-corrected chi connectivity index (χ2v) is 4.08. The molecule has 0 saturated carbocycles. The number of rotatable bonds is 6. The van der Waals surface area contributed by atoms with Gasteiger partial charge in [0, 0.05) is 30.9 Å². The molecule has 0 fully saturated rings. The fourth-order valence-electron chi connectivity index (χ4n) is 1.70. The van der Waals surface area contributed by atoms with Crippen LogP contribution in [0, 0.1) is 0 Å². The predicted molar refractivity (Wildman–Crippen MR) is 67.9 cm³/mol. The molecule has 4 N–H and O–H groups in total. The molecule has 5 nitrogen and oxygen atoms in total. The minimum Gasteiger partial charge on any atom is -0.409 e. The van der Waals surface area contributed by atoms with E-state index in [0.717, 1.165) is 12.0 Å². The summed E-state index contributed by atoms with van der Waals surface area (Å²) in [4.78, 5) is 4.09. The van der Waals surface area contributed by atoms with E-state index in [1.165, 1.54) is 0 Å². The Morgan fingerprint density at radius 1 is 1.65 bits per heavy atom. The van der Waals surface area contributed by atoms with Crippen LogP contribution in [0.1, 0.15) is 38.3 Å². The van der Waals surface area contributed by atoms with Gasteiger partial charge in [0.2, 0.25) is 0 Å². The maximum absolute atomic E-state index is 8.56. The van der Waals surface area contributed by atoms with Crippen molar-refractivity contribution in [1.82, 2.24) is 10.3 Å². The number of nitrogens with one attached hydrogen (secondary N) is 1. The van der Waals surface area contributed by atoms with Crippen molar-refractivity contribution in [2.24, 2.45) is 10.9 Å². The molecule has 0 radical (unpaired) electrons. The van der Waals surface area contributed by atoms with Crippen LogP contribution in [0.3, 0.4) is 0 Å². The number of hydrogen-bond donors (Lipinski definition) is 3. The summed E-state index contributed by atoms with van der Waals surface area (Å²) < 4.78 is 0. The van der Waals surface area contributed by atoms with Crippen LogP contribution in [-0.4, -0.2) is 22.1 Å². The Labute approximate surface area is 102 Å². The number of nitrogens with zero attached hydrogens (tertiary/aromatic N) is 2. The first kappa shape index (κ1) is 13.4. The van der Waals surface area contributed by atoms with Crippen molar-refractivity contribution >= 4 is 5.84 Å². The van der Waals surface area contributed by atoms with Crippen LogP contribution < -0.4 is 11.1 Å². The van der Waals surface area contributed by atoms with Crippen LogP contribution in [-0.2, 0) is 0 Å². The maximum Gasteiger partial charge on any atom is 0.140 e. The van der Waals surface area contributed by atoms with Gasteiger partial charge >= 0.3 is 0 Å². The Kier molecular flexibility index (Phi) is 5.42. The zero-order valence-corrected chi connectivity index (χ0v) is 10.3. The van der Waals surface area contributed by atoms with Gasteiger partial charge in [-0.2, -0.15) is 0 Å². The lowest BCUT2D eigenvalue weighted by atomic mass is 10.1. The molecule has 1 aromatic rings. The lowest BCUT2D eigenvalue weighted by Gasteiger charge is -2.21. The van der Waals surface area contributed by atoms with Crippen LogP contribution in [0.5, 0.6) is 0 Å². The molecule has 1 unspecified atom stereocenters. The third kappa shape index (κ3) is 4.40. The van der Waals surface area contributed by atoms with Gasteiger partial charge in [0.25, 0.3) is 0 Å². The van der Waals surface area contributed by atoms with E-state index in [-0.39, 0.29) is 17.9 Å². The number of hydrogen-bond acceptors (Lipinski definition) is 4. The minimum atomic E-state index is 0.195. The Bertz CT molecular complexity index is 353. The molecule has 0 aromatic carbocycles. The number of aromatic nitrogens is 1. The van der Waals surface area contributed by atoms with Crippen molar-refractivity contribution in [3.05, 3.63) is 30.1 Å². The largest absolute Gasteiger partial charge is 0.409 e. The summed E-state index contributed by atoms with van der Waals surface area (Å²) in [6.07, 6.45) is 5.05. The van der Waals surface area contributed by atoms with E-state index < -0.39 is 0 Å². The normalized spacial score (nSPS) is 15.5. The highest BCUT2D eigenvalue weighted by Gasteiger charge is 2.13. The molecule has 2 atom stereocenters. The van der Waals surface area contributed by atoms with Crippen molar-refractivity contribution in [3.63, 3.8) is 0 Å². The Morgan fingerprint density at radius 3 is 2.94 bits per heavy atom. The van der Waals surface area contributed by atoms with Crippen molar-refractivity contribution in [2.75, 3.05) is 0 Å². The lowest BCUT2D eigenvalue weighted by molar-refractivity contribution is 0.315. The van der Waals surface area contributed by atoms with E-state index in [1.54, 1.807) is 6.20 Å². The van der Waals surface area contributed by atoms with Crippen LogP contribution in [0.2, 0.25) is 0 Å². The summed E-state index contributed by atoms with van der Waals surface area (Å²) in [6, 6.07) is 4.33. The zero-order valence-electron chi connectivity index (χ0n) is 10.3. The van der Waals surface area contributed by atoms with Gasteiger partial charge in [0.05, 0.1) is 0 Å². The molecule has 5 heteroatoms. The molecule has 0 aliphatic heterocycles. The van der Waals surface area contributed by atoms with Gasteiger partial charge in [0.1, 0.15) is 5.84 Å². The van der Waals surface area contributed by atoms with Crippen LogP contribution >= 0.6 is 0 Å². The van der Waals surface area contributed by atoms with Gasteiger partial charge in [0.15, 0.2) is 0 Å². The quantitative estimate of drug-likeness (QED) is 0.303. The van der Waals surface area contributed by atoms with Gasteiger partial charge in [-0.05, 0) is 25.0 Å². The lowest BCUT2D eigenvalue weighted by Crippen LogP contribution is -2.35. The zero-order chi connectivity index (χ0) is 12.7. The van der Waals surface area contributed by atoms with Gasteiger partial charge in [-0.15, -0.1) is 0 Å². The van der Waals surface area contributed by atoms with E-state index >= 15 is 0 Å². The monoisotopic (exact) mass is 236 g/mol. The van der Waals surface area contributed by atoms with Gasteiger partial charge in [-0.25, -0.2) is 0 Å². The Morgan fingerprint density at radius 2 is 2.41 bits per heavy atom. The molecule has 94 valence electrons. The highest BCUT2D eigenvalue weighted by atomic mass is 16.4. The molecule has 0 aliphatic carbocycles. The SMILES string of the molecule is CCC(C/C(N)=N/O)N[C@H](C)c1cccnc1. The average molecular weight is 236 g/mol. The topological polar surface area (TPSA) is 83.5 Å². The Balaban J connectivity index is 2.57. The molecule has 0 spiro atoms. The van der Waals surface area contributed by atoms with Crippen molar-refractivity contribution in [2.45, 2.75) is 38.8 Å². The number of nitrogens with two attached hydrogens (primary N) is 1. The van der Waals surface area contributed by atoms with Gasteiger partial charge in [-0.3, -0.25) is 4.98 Å². The second kappa shape index (κ2) is 6.85. The second-order valence-electron chi connectivity index (χ2n) is 4.08. The molecule has 1 aromatic heterocycles. The molecule has 0 bridgehead atoms. The average Bonchev–Trinajstić information content (AvgIpc) is 2.38. The molecular weight excluding hydrogens is 216 g/mol. The first-order valence-corrected chi connectivity index (χ1v) is 5.79. The summed E-state index contributed by atoms with van der Waals surface area (Å²) in [5.74, 6) is 0.253.